The van der Waals surface area contributed by atoms with Crippen molar-refractivity contribution in [2.75, 3.05) is 18.3 Å². The van der Waals surface area contributed by atoms with Gasteiger partial charge in [0, 0.05) is 3.57 Å². The summed E-state index contributed by atoms with van der Waals surface area (Å²) in [6.07, 6.45) is -1.08. The largest absolute Gasteiger partial charge is 0.488 e. The number of hydrogen-bond donors (Lipinski definition) is 3. The third kappa shape index (κ3) is 4.34. The lowest BCUT2D eigenvalue weighted by Crippen LogP contribution is -2.22. The van der Waals surface area contributed by atoms with Crippen LogP contribution in [0.15, 0.2) is 42.5 Å². The second kappa shape index (κ2) is 8.27. The molecule has 2 aromatic rings. The number of amides is 1. The minimum Gasteiger partial charge on any atom is -0.488 e. The summed E-state index contributed by atoms with van der Waals surface area (Å²) < 4.78 is 21.1. The molecule has 4 N–H and O–H groups in total. The molecular weight excluding hydrogens is 430 g/mol. The summed E-state index contributed by atoms with van der Waals surface area (Å²) in [5.74, 6) is -0.590. The van der Waals surface area contributed by atoms with Crippen molar-refractivity contribution < 1.29 is 24.2 Å². The molecule has 0 bridgehead atoms. The molecule has 0 unspecified atom stereocenters. The molecule has 0 aliphatic heterocycles. The summed E-state index contributed by atoms with van der Waals surface area (Å²) in [4.78, 5) is 11.5. The first-order valence-corrected chi connectivity index (χ1v) is 8.08. The summed E-state index contributed by atoms with van der Waals surface area (Å²) in [5.41, 5.74) is 5.35. The number of benzene rings is 2. The number of para-hydroxylation sites is 1. The van der Waals surface area contributed by atoms with Gasteiger partial charge < -0.3 is 20.7 Å². The Labute approximate surface area is 151 Å². The number of nitrogens with two attached hydrogens (primary N) is 1. The number of carbonyl (C=O) groups excluding carboxylic acids is 1. The molecule has 24 heavy (non-hydrogen) atoms. The lowest BCUT2D eigenvalue weighted by Gasteiger charge is -2.20. The Kier molecular flexibility index (Phi) is 6.35. The molecule has 0 radical (unpaired) electrons. The molecule has 0 heterocycles. The number of aliphatic hydroxyl groups is 2. The molecule has 0 fully saturated rings. The zero-order valence-corrected chi connectivity index (χ0v) is 14.7. The molecule has 0 aliphatic rings. The lowest BCUT2D eigenvalue weighted by atomic mass is 10.1. The molecule has 1 amide bonds. The minimum absolute atomic E-state index is 0.0150. The van der Waals surface area contributed by atoms with Gasteiger partial charge in [-0.15, -0.1) is 0 Å². The van der Waals surface area contributed by atoms with E-state index in [2.05, 4.69) is 0 Å². The van der Waals surface area contributed by atoms with E-state index in [0.29, 0.717) is 5.12 Å². The highest BCUT2D eigenvalue weighted by atomic mass is 127. The van der Waals surface area contributed by atoms with Crippen LogP contribution < -0.4 is 15.6 Å². The molecule has 8 heteroatoms. The van der Waals surface area contributed by atoms with Gasteiger partial charge in [-0.05, 0) is 52.9 Å². The van der Waals surface area contributed by atoms with Crippen molar-refractivity contribution >= 4 is 39.9 Å². The predicted octanol–water partition coefficient (Wildman–Crippen LogP) is 2.14. The molecule has 6 nitrogen and oxygen atoms in total. The van der Waals surface area contributed by atoms with Crippen LogP contribution >= 0.6 is 22.6 Å². The number of primary amides is 1. The predicted molar refractivity (Wildman–Crippen MR) is 96.0 cm³/mol. The Bertz CT molecular complexity index is 729. The van der Waals surface area contributed by atoms with Gasteiger partial charge in [0.05, 0.1) is 17.9 Å². The molecular formula is C16H16FIN2O4. The SMILES string of the molecule is NC(=O)c1ccccc1N(F)c1ccc(I)cc1OC[C@H](O)CO. The fourth-order valence-corrected chi connectivity index (χ4v) is 2.45. The summed E-state index contributed by atoms with van der Waals surface area (Å²) in [7, 11) is 0. The molecule has 0 spiro atoms. The molecule has 0 aliphatic carbocycles. The van der Waals surface area contributed by atoms with E-state index in [1.165, 1.54) is 18.2 Å². The van der Waals surface area contributed by atoms with Gasteiger partial charge in [0.25, 0.3) is 5.91 Å². The van der Waals surface area contributed by atoms with Crippen LogP contribution in [0.3, 0.4) is 0 Å². The Morgan fingerprint density at radius 3 is 2.67 bits per heavy atom. The van der Waals surface area contributed by atoms with E-state index in [1.54, 1.807) is 24.3 Å². The molecule has 128 valence electrons. The molecule has 0 aromatic heterocycles. The van der Waals surface area contributed by atoms with E-state index in [1.807, 2.05) is 22.6 Å². The van der Waals surface area contributed by atoms with Crippen LogP contribution in [0.5, 0.6) is 5.75 Å². The standard InChI is InChI=1S/C16H16FIN2O4/c17-20(13-4-2-1-3-12(13)16(19)23)14-6-5-10(18)7-15(14)24-9-11(22)8-21/h1-7,11,21-22H,8-9H2,(H2,19,23)/t11-/m1/s1. The number of carbonyl (C=O) groups is 1. The number of halogens is 2. The molecule has 2 rings (SSSR count). The van der Waals surface area contributed by atoms with Crippen molar-refractivity contribution in [1.82, 2.24) is 0 Å². The average Bonchev–Trinajstić information content (AvgIpc) is 2.59. The Morgan fingerprint density at radius 2 is 2.00 bits per heavy atom. The van der Waals surface area contributed by atoms with Crippen molar-refractivity contribution in [3.63, 3.8) is 0 Å². The van der Waals surface area contributed by atoms with Gasteiger partial charge in [0.15, 0.2) is 0 Å². The van der Waals surface area contributed by atoms with Gasteiger partial charge in [-0.2, -0.15) is 5.12 Å². The van der Waals surface area contributed by atoms with Crippen molar-refractivity contribution in [1.29, 1.82) is 0 Å². The van der Waals surface area contributed by atoms with Gasteiger partial charge in [0.2, 0.25) is 0 Å². The highest BCUT2D eigenvalue weighted by molar-refractivity contribution is 14.1. The van der Waals surface area contributed by atoms with E-state index in [0.717, 1.165) is 3.57 Å². The van der Waals surface area contributed by atoms with Gasteiger partial charge in [-0.25, -0.2) is 0 Å². The van der Waals surface area contributed by atoms with E-state index in [4.69, 9.17) is 15.6 Å². The normalized spacial score (nSPS) is 11.8. The number of hydrogen-bond acceptors (Lipinski definition) is 5. The van der Waals surface area contributed by atoms with Crippen LogP contribution in [0.25, 0.3) is 0 Å². The third-order valence-electron chi connectivity index (χ3n) is 3.16. The topological polar surface area (TPSA) is 96.0 Å². The van der Waals surface area contributed by atoms with Crippen LogP contribution in [0.4, 0.5) is 15.9 Å². The minimum atomic E-state index is -1.08. The second-order valence-corrected chi connectivity index (χ2v) is 6.17. The number of rotatable bonds is 7. The Morgan fingerprint density at radius 1 is 1.29 bits per heavy atom. The molecule has 1 atom stereocenters. The van der Waals surface area contributed by atoms with Crippen molar-refractivity contribution in [3.8, 4) is 5.75 Å². The first-order chi connectivity index (χ1) is 11.4. The monoisotopic (exact) mass is 446 g/mol. The fraction of sp³-hybridized carbons (Fsp3) is 0.188. The number of anilines is 2. The lowest BCUT2D eigenvalue weighted by molar-refractivity contribution is 0.0536. The second-order valence-electron chi connectivity index (χ2n) is 4.92. The molecule has 0 saturated heterocycles. The van der Waals surface area contributed by atoms with Crippen LogP contribution in [-0.2, 0) is 0 Å². The zero-order chi connectivity index (χ0) is 17.7. The highest BCUT2D eigenvalue weighted by Crippen LogP contribution is 2.37. The van der Waals surface area contributed by atoms with Gasteiger partial charge in [0.1, 0.15) is 24.1 Å². The van der Waals surface area contributed by atoms with Crippen molar-refractivity contribution in [2.45, 2.75) is 6.10 Å². The van der Waals surface area contributed by atoms with Gasteiger partial charge >= 0.3 is 0 Å². The average molecular weight is 446 g/mol. The van der Waals surface area contributed by atoms with E-state index in [-0.39, 0.29) is 29.3 Å². The fourth-order valence-electron chi connectivity index (χ4n) is 1.99. The molecule has 2 aromatic carbocycles. The first kappa shape index (κ1) is 18.4. The molecule has 0 saturated carbocycles. The maximum absolute atomic E-state index is 14.9. The summed E-state index contributed by atoms with van der Waals surface area (Å²) >= 11 is 2.04. The number of nitrogens with zero attached hydrogens (tertiary/aromatic N) is 1. The van der Waals surface area contributed by atoms with Crippen LogP contribution in [0, 0.1) is 3.57 Å². The zero-order valence-electron chi connectivity index (χ0n) is 12.5. The highest BCUT2D eigenvalue weighted by Gasteiger charge is 2.20. The van der Waals surface area contributed by atoms with Crippen LogP contribution in [-0.4, -0.2) is 35.4 Å². The van der Waals surface area contributed by atoms with Gasteiger partial charge in [-0.1, -0.05) is 16.6 Å². The number of aliphatic hydroxyl groups excluding tert-OH is 2. The van der Waals surface area contributed by atoms with E-state index >= 15 is 0 Å². The first-order valence-electron chi connectivity index (χ1n) is 7.00. The summed E-state index contributed by atoms with van der Waals surface area (Å²) in [5, 5.41) is 18.6. The maximum Gasteiger partial charge on any atom is 0.250 e. The Balaban J connectivity index is 2.39. The van der Waals surface area contributed by atoms with Crippen LogP contribution in [0.2, 0.25) is 0 Å². The summed E-state index contributed by atoms with van der Waals surface area (Å²) in [6.45, 7) is -0.669. The van der Waals surface area contributed by atoms with E-state index in [9.17, 15) is 14.4 Å². The Hall–Kier alpha value is -1.91. The quantitative estimate of drug-likeness (QED) is 0.448. The third-order valence-corrected chi connectivity index (χ3v) is 3.83. The van der Waals surface area contributed by atoms with Crippen LogP contribution in [0.1, 0.15) is 10.4 Å². The van der Waals surface area contributed by atoms with E-state index < -0.39 is 18.6 Å². The van der Waals surface area contributed by atoms with Crippen molar-refractivity contribution in [2.24, 2.45) is 5.73 Å². The van der Waals surface area contributed by atoms with Crippen molar-refractivity contribution in [3.05, 3.63) is 51.6 Å². The van der Waals surface area contributed by atoms with Gasteiger partial charge in [-0.3, -0.25) is 4.79 Å². The smallest absolute Gasteiger partial charge is 0.250 e. The maximum atomic E-state index is 14.9. The number of ether oxygens (including phenoxy) is 1. The summed E-state index contributed by atoms with van der Waals surface area (Å²) in [6, 6.07) is 10.7.